The van der Waals surface area contributed by atoms with Crippen LogP contribution in [-0.2, 0) is 0 Å². The molecule has 0 aliphatic heterocycles. The van der Waals surface area contributed by atoms with Gasteiger partial charge in [0, 0.05) is 54.4 Å². The number of fused-ring (bicyclic) bond motifs is 9. The van der Waals surface area contributed by atoms with Crippen LogP contribution in [0.4, 0.5) is 0 Å². The molecule has 52 heavy (non-hydrogen) atoms. The van der Waals surface area contributed by atoms with Gasteiger partial charge in [0.15, 0.2) is 0 Å². The van der Waals surface area contributed by atoms with Crippen molar-refractivity contribution in [3.63, 3.8) is 0 Å². The Kier molecular flexibility index (Phi) is 6.25. The van der Waals surface area contributed by atoms with Crippen molar-refractivity contribution in [3.05, 3.63) is 176 Å². The van der Waals surface area contributed by atoms with Gasteiger partial charge in [-0.3, -0.25) is 0 Å². The van der Waals surface area contributed by atoms with E-state index >= 15 is 0 Å². The van der Waals surface area contributed by atoms with E-state index in [1.165, 1.54) is 5.39 Å². The first-order valence-corrected chi connectivity index (χ1v) is 17.6. The molecule has 11 aromatic rings. The van der Waals surface area contributed by atoms with Gasteiger partial charge in [0.2, 0.25) is 0 Å². The SMILES string of the molecule is c1ccc(-c2nc3ccccc3c3c(-c4ccc(-c5ccc(-c6cccc7c6oc6ccccc67)cc5)cc4)c4c(cc23)oc2ccccc24)cc1. The molecule has 0 fully saturated rings. The monoisotopic (exact) mass is 663 g/mol. The van der Waals surface area contributed by atoms with Crippen molar-refractivity contribution in [2.45, 2.75) is 0 Å². The molecule has 0 radical (unpaired) electrons. The molecule has 3 heteroatoms. The van der Waals surface area contributed by atoms with E-state index in [0.717, 1.165) is 105 Å². The van der Waals surface area contributed by atoms with Gasteiger partial charge in [0.1, 0.15) is 22.3 Å². The lowest BCUT2D eigenvalue weighted by molar-refractivity contribution is 0.669. The molecular formula is C49H29NO2. The van der Waals surface area contributed by atoms with Crippen LogP contribution < -0.4 is 0 Å². The van der Waals surface area contributed by atoms with E-state index in [1.54, 1.807) is 0 Å². The quantitative estimate of drug-likeness (QED) is 0.176. The fourth-order valence-corrected chi connectivity index (χ4v) is 8.07. The molecule has 8 aromatic carbocycles. The molecule has 0 atom stereocenters. The van der Waals surface area contributed by atoms with Crippen LogP contribution in [0.3, 0.4) is 0 Å². The Balaban J connectivity index is 1.08. The molecule has 3 heterocycles. The van der Waals surface area contributed by atoms with Crippen molar-refractivity contribution < 1.29 is 8.83 Å². The van der Waals surface area contributed by atoms with Crippen LogP contribution in [0.1, 0.15) is 0 Å². The van der Waals surface area contributed by atoms with Gasteiger partial charge in [-0.1, -0.05) is 152 Å². The number of rotatable bonds is 4. The predicted octanol–water partition coefficient (Wildman–Crippen LogP) is 13.9. The minimum atomic E-state index is 0.858. The highest BCUT2D eigenvalue weighted by Gasteiger charge is 2.21. The number of aromatic nitrogens is 1. The van der Waals surface area contributed by atoms with E-state index in [1.807, 2.05) is 24.3 Å². The summed E-state index contributed by atoms with van der Waals surface area (Å²) in [5.74, 6) is 0. The van der Waals surface area contributed by atoms with E-state index < -0.39 is 0 Å². The Hall–Kier alpha value is -6.97. The lowest BCUT2D eigenvalue weighted by Crippen LogP contribution is -1.93. The summed E-state index contributed by atoms with van der Waals surface area (Å²) in [7, 11) is 0. The molecule has 0 unspecified atom stereocenters. The summed E-state index contributed by atoms with van der Waals surface area (Å²) in [6.07, 6.45) is 0. The average molecular weight is 664 g/mol. The Morgan fingerprint density at radius 1 is 0.346 bits per heavy atom. The smallest absolute Gasteiger partial charge is 0.143 e. The molecule has 0 saturated heterocycles. The molecule has 0 spiro atoms. The predicted molar refractivity (Wildman–Crippen MR) is 216 cm³/mol. The first kappa shape index (κ1) is 28.8. The zero-order valence-electron chi connectivity index (χ0n) is 28.0. The minimum Gasteiger partial charge on any atom is -0.456 e. The molecule has 0 aliphatic rings. The van der Waals surface area contributed by atoms with E-state index in [0.29, 0.717) is 0 Å². The van der Waals surface area contributed by atoms with Gasteiger partial charge in [-0.25, -0.2) is 4.98 Å². The third-order valence-corrected chi connectivity index (χ3v) is 10.5. The Bertz CT molecular complexity index is 3150. The van der Waals surface area contributed by atoms with Gasteiger partial charge in [-0.05, 0) is 46.5 Å². The largest absolute Gasteiger partial charge is 0.456 e. The van der Waals surface area contributed by atoms with Crippen molar-refractivity contribution in [1.82, 2.24) is 4.98 Å². The highest BCUT2D eigenvalue weighted by atomic mass is 16.3. The van der Waals surface area contributed by atoms with Gasteiger partial charge in [-0.15, -0.1) is 0 Å². The second-order valence-electron chi connectivity index (χ2n) is 13.4. The number of benzene rings is 8. The Morgan fingerprint density at radius 2 is 0.942 bits per heavy atom. The Labute approximate surface area is 299 Å². The van der Waals surface area contributed by atoms with Crippen LogP contribution in [-0.4, -0.2) is 4.98 Å². The lowest BCUT2D eigenvalue weighted by Gasteiger charge is -2.16. The highest BCUT2D eigenvalue weighted by molar-refractivity contribution is 6.27. The average Bonchev–Trinajstić information content (AvgIpc) is 3.79. The summed E-state index contributed by atoms with van der Waals surface area (Å²) in [5.41, 5.74) is 13.4. The molecule has 3 nitrogen and oxygen atoms in total. The van der Waals surface area contributed by atoms with E-state index in [-0.39, 0.29) is 0 Å². The fourth-order valence-electron chi connectivity index (χ4n) is 8.07. The van der Waals surface area contributed by atoms with E-state index in [9.17, 15) is 0 Å². The van der Waals surface area contributed by atoms with Crippen LogP contribution in [0.2, 0.25) is 0 Å². The van der Waals surface area contributed by atoms with E-state index in [4.69, 9.17) is 13.8 Å². The zero-order valence-corrected chi connectivity index (χ0v) is 28.0. The molecule has 0 amide bonds. The van der Waals surface area contributed by atoms with Gasteiger partial charge < -0.3 is 8.83 Å². The third-order valence-electron chi connectivity index (χ3n) is 10.5. The van der Waals surface area contributed by atoms with Crippen LogP contribution in [0.5, 0.6) is 0 Å². The molecule has 3 aromatic heterocycles. The van der Waals surface area contributed by atoms with Crippen molar-refractivity contribution >= 4 is 65.6 Å². The molecule has 11 rings (SSSR count). The van der Waals surface area contributed by atoms with Crippen LogP contribution in [0, 0.1) is 0 Å². The molecule has 0 saturated carbocycles. The number of pyridine rings is 1. The Morgan fingerprint density at radius 3 is 1.71 bits per heavy atom. The first-order chi connectivity index (χ1) is 25.8. The van der Waals surface area contributed by atoms with Gasteiger partial charge >= 0.3 is 0 Å². The van der Waals surface area contributed by atoms with Crippen molar-refractivity contribution in [2.24, 2.45) is 0 Å². The molecule has 0 N–H and O–H groups in total. The first-order valence-electron chi connectivity index (χ1n) is 17.6. The topological polar surface area (TPSA) is 39.2 Å². The molecular weight excluding hydrogens is 635 g/mol. The summed E-state index contributed by atoms with van der Waals surface area (Å²) in [6, 6.07) is 61.9. The molecule has 0 bridgehead atoms. The second-order valence-corrected chi connectivity index (χ2v) is 13.4. The number of nitrogens with zero attached hydrogens (tertiary/aromatic N) is 1. The van der Waals surface area contributed by atoms with Crippen LogP contribution in [0.25, 0.3) is 110 Å². The summed E-state index contributed by atoms with van der Waals surface area (Å²) < 4.78 is 12.9. The fraction of sp³-hybridized carbons (Fsp3) is 0. The van der Waals surface area contributed by atoms with Crippen molar-refractivity contribution in [2.75, 3.05) is 0 Å². The van der Waals surface area contributed by atoms with E-state index in [2.05, 4.69) is 152 Å². The van der Waals surface area contributed by atoms with Gasteiger partial charge in [0.25, 0.3) is 0 Å². The summed E-state index contributed by atoms with van der Waals surface area (Å²) >= 11 is 0. The summed E-state index contributed by atoms with van der Waals surface area (Å²) in [5, 5.41) is 7.89. The maximum absolute atomic E-state index is 6.58. The van der Waals surface area contributed by atoms with Crippen LogP contribution in [0.15, 0.2) is 185 Å². The second kappa shape index (κ2) is 11.3. The van der Waals surface area contributed by atoms with Crippen molar-refractivity contribution in [1.29, 1.82) is 0 Å². The van der Waals surface area contributed by atoms with Gasteiger partial charge in [-0.2, -0.15) is 0 Å². The maximum Gasteiger partial charge on any atom is 0.143 e. The summed E-state index contributed by atoms with van der Waals surface area (Å²) in [4.78, 5) is 5.23. The standard InChI is InChI=1S/C49H29NO2/c1-2-11-34(12-3-1)48-40-29-44-47(39-15-6-9-20-43(39)51-44)45(46(40)38-14-4-7-18-41(38)50-48)33-27-23-31(24-28-33)30-21-25-32(26-22-30)35-16-10-17-37-36-13-5-8-19-42(36)52-49(35)37/h1-29H. The molecule has 0 aliphatic carbocycles. The third kappa shape index (κ3) is 4.36. The van der Waals surface area contributed by atoms with Crippen LogP contribution >= 0.6 is 0 Å². The summed E-state index contributed by atoms with van der Waals surface area (Å²) in [6.45, 7) is 0. The zero-order chi connectivity index (χ0) is 34.2. The normalized spacial score (nSPS) is 11.8. The number of furan rings is 2. The molecule has 242 valence electrons. The minimum absolute atomic E-state index is 0.858. The van der Waals surface area contributed by atoms with Crippen molar-refractivity contribution in [3.8, 4) is 44.6 Å². The maximum atomic E-state index is 6.58. The van der Waals surface area contributed by atoms with Gasteiger partial charge in [0.05, 0.1) is 11.2 Å². The number of hydrogen-bond acceptors (Lipinski definition) is 3. The lowest BCUT2D eigenvalue weighted by atomic mass is 9.89. The number of para-hydroxylation sites is 4. The number of hydrogen-bond donors (Lipinski definition) is 0. The highest BCUT2D eigenvalue weighted by Crippen LogP contribution is 2.46.